The smallest absolute Gasteiger partial charge is 0.263 e. The van der Waals surface area contributed by atoms with E-state index in [1.165, 1.54) is 6.07 Å². The molecule has 0 radical (unpaired) electrons. The van der Waals surface area contributed by atoms with E-state index in [9.17, 15) is 13.2 Å². The van der Waals surface area contributed by atoms with E-state index in [-0.39, 0.29) is 10.8 Å². The number of hydrogen-bond donors (Lipinski definition) is 1. The van der Waals surface area contributed by atoms with Gasteiger partial charge in [-0.15, -0.1) is 0 Å². The topological polar surface area (TPSA) is 105 Å². The highest BCUT2D eigenvalue weighted by Gasteiger charge is 2.24. The van der Waals surface area contributed by atoms with Crippen LogP contribution in [0.5, 0.6) is 5.75 Å². The molecule has 0 unspecified atom stereocenters. The number of benzene rings is 1. The summed E-state index contributed by atoms with van der Waals surface area (Å²) in [6.45, 7) is 5.82. The molecule has 1 aromatic carbocycles. The standard InChI is InChI=1S/C26H29N5O4S/c1-19(26(32)31-16-14-30(15-17-31)22-18-27-13-11-23(22)35-3)9-10-20(2)29-36(33,34)24-8-4-6-21-7-5-12-28-25(21)24/h4-13,18,29H,14-17H2,1-3H3/b19-9+,20-10+. The fourth-order valence-electron chi connectivity index (χ4n) is 4.10. The van der Waals surface area contributed by atoms with Crippen molar-refractivity contribution in [2.75, 3.05) is 38.2 Å². The number of piperazine rings is 1. The Balaban J connectivity index is 1.40. The minimum Gasteiger partial charge on any atom is -0.494 e. The minimum absolute atomic E-state index is 0.0852. The van der Waals surface area contributed by atoms with Crippen LogP contribution in [-0.2, 0) is 14.8 Å². The van der Waals surface area contributed by atoms with Crippen LogP contribution in [-0.4, -0.2) is 62.5 Å². The molecule has 1 N–H and O–H groups in total. The first kappa shape index (κ1) is 25.2. The molecular weight excluding hydrogens is 478 g/mol. The predicted molar refractivity (Wildman–Crippen MR) is 139 cm³/mol. The first-order chi connectivity index (χ1) is 17.3. The molecule has 0 aliphatic carbocycles. The van der Waals surface area contributed by atoms with Gasteiger partial charge in [0.15, 0.2) is 0 Å². The molecule has 1 aliphatic heterocycles. The molecule has 1 amide bonds. The SMILES string of the molecule is COc1ccncc1N1CCN(C(=O)/C(C)=C/C=C(\C)NS(=O)(=O)c2cccc3cccnc23)CC1. The van der Waals surface area contributed by atoms with Crippen molar-refractivity contribution in [3.8, 4) is 5.75 Å². The number of ether oxygens (including phenoxy) is 1. The number of para-hydroxylation sites is 1. The van der Waals surface area contributed by atoms with Crippen molar-refractivity contribution in [2.24, 2.45) is 0 Å². The second-order valence-corrected chi connectivity index (χ2v) is 10.1. The lowest BCUT2D eigenvalue weighted by Gasteiger charge is -2.36. The Kier molecular flexibility index (Phi) is 7.54. The number of carbonyl (C=O) groups is 1. The lowest BCUT2D eigenvalue weighted by molar-refractivity contribution is -0.127. The molecule has 2 aromatic heterocycles. The van der Waals surface area contributed by atoms with Crippen LogP contribution in [0.2, 0.25) is 0 Å². The number of amides is 1. The Morgan fingerprint density at radius 3 is 2.53 bits per heavy atom. The maximum Gasteiger partial charge on any atom is 0.263 e. The molecule has 1 saturated heterocycles. The number of methoxy groups -OCH3 is 1. The first-order valence-electron chi connectivity index (χ1n) is 11.5. The van der Waals surface area contributed by atoms with Gasteiger partial charge in [0.05, 0.1) is 24.5 Å². The highest BCUT2D eigenvalue weighted by molar-refractivity contribution is 7.89. The second-order valence-electron chi connectivity index (χ2n) is 8.46. The summed E-state index contributed by atoms with van der Waals surface area (Å²) < 4.78 is 33.9. The van der Waals surface area contributed by atoms with Gasteiger partial charge in [0.2, 0.25) is 5.91 Å². The van der Waals surface area contributed by atoms with Gasteiger partial charge < -0.3 is 14.5 Å². The molecule has 0 spiro atoms. The lowest BCUT2D eigenvalue weighted by atomic mass is 10.2. The van der Waals surface area contributed by atoms with Crippen molar-refractivity contribution in [1.82, 2.24) is 19.6 Å². The molecular formula is C26H29N5O4S. The number of hydrogen-bond acceptors (Lipinski definition) is 7. The molecule has 0 atom stereocenters. The third-order valence-electron chi connectivity index (χ3n) is 5.99. The second kappa shape index (κ2) is 10.8. The first-order valence-corrected chi connectivity index (χ1v) is 13.0. The molecule has 0 saturated carbocycles. The van der Waals surface area contributed by atoms with Gasteiger partial charge in [-0.05, 0) is 32.1 Å². The number of pyridine rings is 2. The normalized spacial score (nSPS) is 15.2. The number of sulfonamides is 1. The van der Waals surface area contributed by atoms with Gasteiger partial charge in [0.25, 0.3) is 10.0 Å². The summed E-state index contributed by atoms with van der Waals surface area (Å²) in [5.41, 5.74) is 2.23. The molecule has 36 heavy (non-hydrogen) atoms. The molecule has 10 heteroatoms. The molecule has 9 nitrogen and oxygen atoms in total. The van der Waals surface area contributed by atoms with Crippen molar-refractivity contribution >= 4 is 32.5 Å². The number of nitrogens with zero attached hydrogens (tertiary/aromatic N) is 4. The maximum atomic E-state index is 13.0. The van der Waals surface area contributed by atoms with Gasteiger partial charge in [-0.3, -0.25) is 19.5 Å². The summed E-state index contributed by atoms with van der Waals surface area (Å²) in [5.74, 6) is 0.668. The van der Waals surface area contributed by atoms with Crippen LogP contribution in [0, 0.1) is 0 Å². The van der Waals surface area contributed by atoms with E-state index in [1.807, 2.05) is 18.2 Å². The lowest BCUT2D eigenvalue weighted by Crippen LogP contribution is -2.49. The van der Waals surface area contributed by atoms with Gasteiger partial charge in [0.1, 0.15) is 10.6 Å². The number of allylic oxidation sites excluding steroid dienone is 3. The van der Waals surface area contributed by atoms with Crippen molar-refractivity contribution in [1.29, 1.82) is 0 Å². The summed E-state index contributed by atoms with van der Waals surface area (Å²) in [6.07, 6.45) is 8.25. The largest absolute Gasteiger partial charge is 0.494 e. The van der Waals surface area contributed by atoms with Crippen molar-refractivity contribution < 1.29 is 17.9 Å². The van der Waals surface area contributed by atoms with E-state index < -0.39 is 10.0 Å². The van der Waals surface area contributed by atoms with Crippen LogP contribution >= 0.6 is 0 Å². The number of aromatic nitrogens is 2. The molecule has 4 rings (SSSR count). The zero-order valence-electron chi connectivity index (χ0n) is 20.5. The van der Waals surface area contributed by atoms with E-state index >= 15 is 0 Å². The van der Waals surface area contributed by atoms with Crippen LogP contribution in [0.25, 0.3) is 10.9 Å². The maximum absolute atomic E-state index is 13.0. The van der Waals surface area contributed by atoms with Gasteiger partial charge in [-0.2, -0.15) is 0 Å². The highest BCUT2D eigenvalue weighted by Crippen LogP contribution is 2.27. The molecule has 3 heterocycles. The number of carbonyl (C=O) groups excluding carboxylic acids is 1. The van der Waals surface area contributed by atoms with E-state index in [4.69, 9.17) is 4.74 Å². The number of anilines is 1. The Hall–Kier alpha value is -3.92. The summed E-state index contributed by atoms with van der Waals surface area (Å²) in [4.78, 5) is 25.4. The molecule has 188 valence electrons. The third-order valence-corrected chi connectivity index (χ3v) is 7.49. The van der Waals surface area contributed by atoms with Crippen LogP contribution in [0.1, 0.15) is 13.8 Å². The molecule has 0 bridgehead atoms. The van der Waals surface area contributed by atoms with Crippen LogP contribution in [0.3, 0.4) is 0 Å². The zero-order valence-corrected chi connectivity index (χ0v) is 21.3. The number of rotatable bonds is 7. The van der Waals surface area contributed by atoms with E-state index in [0.29, 0.717) is 43.0 Å². The van der Waals surface area contributed by atoms with Crippen LogP contribution < -0.4 is 14.4 Å². The Morgan fingerprint density at radius 1 is 1.03 bits per heavy atom. The fraction of sp³-hybridized carbons (Fsp3) is 0.269. The van der Waals surface area contributed by atoms with Gasteiger partial charge >= 0.3 is 0 Å². The average molecular weight is 508 g/mol. The Labute approximate surface area is 211 Å². The fourth-order valence-corrected chi connectivity index (χ4v) is 5.38. The monoisotopic (exact) mass is 507 g/mol. The van der Waals surface area contributed by atoms with Crippen molar-refractivity contribution in [3.05, 3.63) is 78.4 Å². The highest BCUT2D eigenvalue weighted by atomic mass is 32.2. The number of fused-ring (bicyclic) bond motifs is 1. The molecule has 3 aromatic rings. The molecule has 1 fully saturated rings. The number of nitrogens with one attached hydrogen (secondary N) is 1. The predicted octanol–water partition coefficient (Wildman–Crippen LogP) is 3.12. The summed E-state index contributed by atoms with van der Waals surface area (Å²) in [5, 5.41) is 0.741. The van der Waals surface area contributed by atoms with E-state index in [0.717, 1.165) is 16.8 Å². The summed E-state index contributed by atoms with van der Waals surface area (Å²) in [7, 11) is -2.21. The quantitative estimate of drug-likeness (QED) is 0.387. The zero-order chi connectivity index (χ0) is 25.7. The van der Waals surface area contributed by atoms with E-state index in [1.54, 1.807) is 68.7 Å². The minimum atomic E-state index is -3.84. The third kappa shape index (κ3) is 5.49. The van der Waals surface area contributed by atoms with Crippen LogP contribution in [0.4, 0.5) is 5.69 Å². The van der Waals surface area contributed by atoms with Gasteiger partial charge in [0, 0.05) is 61.3 Å². The van der Waals surface area contributed by atoms with Gasteiger partial charge in [-0.25, -0.2) is 8.42 Å². The Morgan fingerprint density at radius 2 is 1.78 bits per heavy atom. The van der Waals surface area contributed by atoms with E-state index in [2.05, 4.69) is 19.6 Å². The van der Waals surface area contributed by atoms with Gasteiger partial charge in [-0.1, -0.05) is 24.3 Å². The van der Waals surface area contributed by atoms with Crippen molar-refractivity contribution in [2.45, 2.75) is 18.7 Å². The average Bonchev–Trinajstić information content (AvgIpc) is 2.90. The van der Waals surface area contributed by atoms with Crippen LogP contribution in [0.15, 0.2) is 83.3 Å². The molecule has 1 aliphatic rings. The Bertz CT molecular complexity index is 1420. The van der Waals surface area contributed by atoms with Crippen molar-refractivity contribution in [3.63, 3.8) is 0 Å². The summed E-state index contributed by atoms with van der Waals surface area (Å²) >= 11 is 0. The summed E-state index contributed by atoms with van der Waals surface area (Å²) in [6, 6.07) is 10.4.